The zero-order valence-electron chi connectivity index (χ0n) is 12.0. The first-order valence-corrected chi connectivity index (χ1v) is 7.56. The summed E-state index contributed by atoms with van der Waals surface area (Å²) < 4.78 is 26.9. The summed E-state index contributed by atoms with van der Waals surface area (Å²) in [6, 6.07) is 3.81. The third-order valence-electron chi connectivity index (χ3n) is 3.25. The summed E-state index contributed by atoms with van der Waals surface area (Å²) in [7, 11) is 0. The van der Waals surface area contributed by atoms with Gasteiger partial charge in [0.05, 0.1) is 11.8 Å². The average Bonchev–Trinajstić information content (AvgIpc) is 2.42. The van der Waals surface area contributed by atoms with Gasteiger partial charge in [-0.3, -0.25) is 4.79 Å². The Labute approximate surface area is 131 Å². The normalized spacial score (nSPS) is 11.0. The van der Waals surface area contributed by atoms with Crippen LogP contribution in [0.15, 0.2) is 16.6 Å². The molecule has 1 rings (SSSR count). The Morgan fingerprint density at radius 1 is 1.33 bits per heavy atom. The number of hydrogen-bond donors (Lipinski definition) is 1. The van der Waals surface area contributed by atoms with Crippen molar-refractivity contribution in [3.63, 3.8) is 0 Å². The van der Waals surface area contributed by atoms with Gasteiger partial charge in [-0.05, 0) is 34.8 Å². The number of nitrogens with zero attached hydrogens (tertiary/aromatic N) is 1. The monoisotopic (exact) mass is 358 g/mol. The first-order valence-electron chi connectivity index (χ1n) is 6.77. The molecule has 0 radical (unpaired) electrons. The second kappa shape index (κ2) is 7.51. The predicted molar refractivity (Wildman–Crippen MR) is 80.5 cm³/mol. The molecule has 0 aliphatic heterocycles. The van der Waals surface area contributed by atoms with E-state index < -0.39 is 23.0 Å². The number of amides is 1. The molecule has 0 unspecified atom stereocenters. The third-order valence-corrected chi connectivity index (χ3v) is 3.87. The molecule has 0 saturated carbocycles. The maximum Gasteiger partial charge on any atom is 0.244 e. The number of benzene rings is 1. The first-order chi connectivity index (χ1) is 9.90. The molecular formula is C15H17BrF2N2O. The maximum atomic E-state index is 13.8. The fourth-order valence-electron chi connectivity index (χ4n) is 2.26. The Kier molecular flexibility index (Phi) is 6.28. The summed E-state index contributed by atoms with van der Waals surface area (Å²) in [6.45, 7) is 3.76. The van der Waals surface area contributed by atoms with Crippen molar-refractivity contribution in [2.75, 3.05) is 5.32 Å². The fraction of sp³-hybridized carbons (Fsp3) is 0.467. The number of halogens is 3. The lowest BCUT2D eigenvalue weighted by molar-refractivity contribution is -0.123. The van der Waals surface area contributed by atoms with E-state index in [1.165, 1.54) is 0 Å². The van der Waals surface area contributed by atoms with Crippen LogP contribution >= 0.6 is 15.9 Å². The van der Waals surface area contributed by atoms with Crippen LogP contribution in [0, 0.1) is 28.4 Å². The number of carbonyl (C=O) groups excluding carboxylic acids is 1. The number of hydrogen-bond acceptors (Lipinski definition) is 2. The number of carbonyl (C=O) groups is 1. The zero-order valence-corrected chi connectivity index (χ0v) is 13.6. The van der Waals surface area contributed by atoms with E-state index in [9.17, 15) is 18.8 Å². The standard InChI is InChI=1S/C15H17BrF2N2O/c1-3-5-15(9-19,6-4-2)14(21)20-13-11(16)7-10(17)8-12(13)18/h7-8H,3-6H2,1-2H3,(H,20,21). The number of anilines is 1. The Bertz CT molecular complexity index is 540. The molecule has 114 valence electrons. The largest absolute Gasteiger partial charge is 0.321 e. The lowest BCUT2D eigenvalue weighted by Crippen LogP contribution is -2.35. The topological polar surface area (TPSA) is 52.9 Å². The molecule has 1 aromatic rings. The molecule has 0 saturated heterocycles. The molecule has 1 N–H and O–H groups in total. The van der Waals surface area contributed by atoms with Crippen molar-refractivity contribution in [1.29, 1.82) is 5.26 Å². The van der Waals surface area contributed by atoms with Gasteiger partial charge in [0.2, 0.25) is 5.91 Å². The molecule has 0 spiro atoms. The van der Waals surface area contributed by atoms with Crippen LogP contribution in [-0.4, -0.2) is 5.91 Å². The molecule has 0 atom stereocenters. The van der Waals surface area contributed by atoms with Crippen molar-refractivity contribution >= 4 is 27.5 Å². The third kappa shape index (κ3) is 4.01. The lowest BCUT2D eigenvalue weighted by atomic mass is 9.79. The summed E-state index contributed by atoms with van der Waals surface area (Å²) >= 11 is 3.02. The van der Waals surface area contributed by atoms with E-state index in [-0.39, 0.29) is 10.2 Å². The predicted octanol–water partition coefficient (Wildman–Crippen LogP) is 4.78. The van der Waals surface area contributed by atoms with Crippen LogP contribution in [0.5, 0.6) is 0 Å². The van der Waals surface area contributed by atoms with Crippen molar-refractivity contribution in [2.24, 2.45) is 5.41 Å². The van der Waals surface area contributed by atoms with Gasteiger partial charge in [0.15, 0.2) is 5.82 Å². The first kappa shape index (κ1) is 17.6. The van der Waals surface area contributed by atoms with Gasteiger partial charge in [-0.15, -0.1) is 0 Å². The Balaban J connectivity index is 3.11. The fourth-order valence-corrected chi connectivity index (χ4v) is 2.77. The number of nitriles is 1. The Morgan fingerprint density at radius 2 is 1.90 bits per heavy atom. The van der Waals surface area contributed by atoms with E-state index in [4.69, 9.17) is 0 Å². The van der Waals surface area contributed by atoms with Crippen molar-refractivity contribution in [3.8, 4) is 6.07 Å². The van der Waals surface area contributed by atoms with Gasteiger partial charge in [-0.25, -0.2) is 8.78 Å². The quantitative estimate of drug-likeness (QED) is 0.795. The summed E-state index contributed by atoms with van der Waals surface area (Å²) in [5.74, 6) is -2.18. The summed E-state index contributed by atoms with van der Waals surface area (Å²) in [6.07, 6.45) is 2.11. The van der Waals surface area contributed by atoms with Crippen molar-refractivity contribution in [3.05, 3.63) is 28.2 Å². The second-order valence-corrected chi connectivity index (χ2v) is 5.75. The minimum absolute atomic E-state index is 0.105. The van der Waals surface area contributed by atoms with Crippen molar-refractivity contribution in [2.45, 2.75) is 39.5 Å². The van der Waals surface area contributed by atoms with Crippen LogP contribution < -0.4 is 5.32 Å². The summed E-state index contributed by atoms with van der Waals surface area (Å²) in [4.78, 5) is 12.4. The molecule has 0 aliphatic carbocycles. The Hall–Kier alpha value is -1.48. The van der Waals surface area contributed by atoms with Gasteiger partial charge < -0.3 is 5.32 Å². The molecule has 1 aromatic carbocycles. The van der Waals surface area contributed by atoms with Gasteiger partial charge >= 0.3 is 0 Å². The molecule has 0 fully saturated rings. The summed E-state index contributed by atoms with van der Waals surface area (Å²) in [5, 5.41) is 11.8. The van der Waals surface area contributed by atoms with E-state index in [2.05, 4.69) is 27.3 Å². The maximum absolute atomic E-state index is 13.8. The lowest BCUT2D eigenvalue weighted by Gasteiger charge is -2.25. The minimum atomic E-state index is -1.19. The van der Waals surface area contributed by atoms with Crippen LogP contribution in [0.1, 0.15) is 39.5 Å². The zero-order chi connectivity index (χ0) is 16.0. The SMILES string of the molecule is CCCC(C#N)(CCC)C(=O)Nc1c(F)cc(F)cc1Br. The van der Waals surface area contributed by atoms with E-state index in [1.54, 1.807) is 0 Å². The highest BCUT2D eigenvalue weighted by Crippen LogP contribution is 2.33. The highest BCUT2D eigenvalue weighted by Gasteiger charge is 2.37. The molecule has 21 heavy (non-hydrogen) atoms. The van der Waals surface area contributed by atoms with E-state index >= 15 is 0 Å². The van der Waals surface area contributed by atoms with E-state index in [0.29, 0.717) is 31.7 Å². The molecule has 0 bridgehead atoms. The number of rotatable bonds is 6. The smallest absolute Gasteiger partial charge is 0.244 e. The molecule has 0 aliphatic rings. The van der Waals surface area contributed by atoms with Crippen molar-refractivity contribution in [1.82, 2.24) is 0 Å². The van der Waals surface area contributed by atoms with Crippen LogP contribution in [0.2, 0.25) is 0 Å². The molecule has 6 heteroatoms. The molecule has 0 aromatic heterocycles. The van der Waals surface area contributed by atoms with Gasteiger partial charge in [0.25, 0.3) is 0 Å². The highest BCUT2D eigenvalue weighted by atomic mass is 79.9. The minimum Gasteiger partial charge on any atom is -0.321 e. The number of nitrogens with one attached hydrogen (secondary N) is 1. The van der Waals surface area contributed by atoms with Crippen LogP contribution in [-0.2, 0) is 4.79 Å². The van der Waals surface area contributed by atoms with Crippen LogP contribution in [0.4, 0.5) is 14.5 Å². The van der Waals surface area contributed by atoms with Crippen LogP contribution in [0.3, 0.4) is 0 Å². The molecule has 3 nitrogen and oxygen atoms in total. The molecule has 0 heterocycles. The van der Waals surface area contributed by atoms with Crippen molar-refractivity contribution < 1.29 is 13.6 Å². The highest BCUT2D eigenvalue weighted by molar-refractivity contribution is 9.10. The van der Waals surface area contributed by atoms with Crippen LogP contribution in [0.25, 0.3) is 0 Å². The summed E-state index contributed by atoms with van der Waals surface area (Å²) in [5.41, 5.74) is -1.34. The molecular weight excluding hydrogens is 342 g/mol. The Morgan fingerprint density at radius 3 is 2.33 bits per heavy atom. The van der Waals surface area contributed by atoms with Gasteiger partial charge in [-0.2, -0.15) is 5.26 Å². The van der Waals surface area contributed by atoms with E-state index in [1.807, 2.05) is 13.8 Å². The van der Waals surface area contributed by atoms with Gasteiger partial charge in [0, 0.05) is 10.5 Å². The second-order valence-electron chi connectivity index (χ2n) is 4.89. The molecule has 1 amide bonds. The van der Waals surface area contributed by atoms with Gasteiger partial charge in [-0.1, -0.05) is 26.7 Å². The van der Waals surface area contributed by atoms with Gasteiger partial charge in [0.1, 0.15) is 11.2 Å². The van der Waals surface area contributed by atoms with E-state index in [0.717, 1.165) is 6.07 Å². The average molecular weight is 359 g/mol.